The lowest BCUT2D eigenvalue weighted by Gasteiger charge is -2.52. The molecule has 1 aromatic rings. The lowest BCUT2D eigenvalue weighted by molar-refractivity contribution is -0.181. The monoisotopic (exact) mass is 540 g/mol. The van der Waals surface area contributed by atoms with E-state index in [2.05, 4.69) is 5.32 Å². The van der Waals surface area contributed by atoms with E-state index in [1.807, 2.05) is 0 Å². The molecule has 4 aliphatic carbocycles. The van der Waals surface area contributed by atoms with Crippen molar-refractivity contribution in [1.82, 2.24) is 4.90 Å². The smallest absolute Gasteiger partial charge is 0.235 e. The number of nitrogens with one attached hydrogen (secondary N) is 1. The summed E-state index contributed by atoms with van der Waals surface area (Å²) < 4.78 is 0. The minimum absolute atomic E-state index is 0.0294. The Morgan fingerprint density at radius 1 is 1.08 bits per heavy atom. The van der Waals surface area contributed by atoms with Gasteiger partial charge in [-0.05, 0) is 57.3 Å². The van der Waals surface area contributed by atoms with E-state index in [-0.39, 0.29) is 35.9 Å². The predicted molar refractivity (Wildman–Crippen MR) is 137 cm³/mol. The zero-order valence-electron chi connectivity index (χ0n) is 22.2. The third kappa shape index (κ3) is 3.80. The number of benzene rings is 1. The fourth-order valence-electron chi connectivity index (χ4n) is 6.73. The zero-order chi connectivity index (χ0) is 28.7. The number of rotatable bonds is 5. The van der Waals surface area contributed by atoms with Crippen LogP contribution in [0.5, 0.6) is 5.75 Å². The minimum atomic E-state index is -2.78. The molecule has 208 valence electrons. The predicted octanol–water partition coefficient (Wildman–Crippen LogP) is -0.718. The number of phenols is 1. The molecule has 0 aliphatic heterocycles. The molecule has 0 radical (unpaired) electrons. The molecule has 1 aromatic carbocycles. The number of amides is 2. The van der Waals surface area contributed by atoms with Gasteiger partial charge >= 0.3 is 0 Å². The van der Waals surface area contributed by atoms with Gasteiger partial charge in [0.25, 0.3) is 0 Å². The molecule has 39 heavy (non-hydrogen) atoms. The second-order valence-electron chi connectivity index (χ2n) is 11.6. The third-order valence-electron chi connectivity index (χ3n) is 8.73. The van der Waals surface area contributed by atoms with Gasteiger partial charge < -0.3 is 26.2 Å². The van der Waals surface area contributed by atoms with Crippen LogP contribution >= 0.6 is 0 Å². The van der Waals surface area contributed by atoms with E-state index in [4.69, 9.17) is 5.73 Å². The summed E-state index contributed by atoms with van der Waals surface area (Å²) in [6.45, 7) is 0. The third-order valence-corrected chi connectivity index (χ3v) is 8.73. The van der Waals surface area contributed by atoms with Crippen molar-refractivity contribution in [2.24, 2.45) is 35.3 Å². The standard InChI is InChI=1S/C27H32N4O8/c1-30(2)15-9-14(29-26(38)10-5-6-10)20(32)17-12(15)7-11-8-13-19(31(3)4)22(34)18(25(28)37)24(36)27(13,39)23(35)16(11)21(17)33/h9-11,13,16,18-19,32,39H,5-8H2,1-4H3,(H2,28,37)(H,29,38)/t11?,13?,16?,18?,19-,27-/m0/s1. The van der Waals surface area contributed by atoms with Gasteiger partial charge in [-0.2, -0.15) is 0 Å². The lowest BCUT2D eigenvalue weighted by atomic mass is 9.52. The summed E-state index contributed by atoms with van der Waals surface area (Å²) >= 11 is 0. The Bertz CT molecular complexity index is 1350. The van der Waals surface area contributed by atoms with E-state index in [1.54, 1.807) is 25.1 Å². The molecule has 12 heteroatoms. The molecule has 4 aliphatic rings. The fraction of sp³-hybridized carbons (Fsp3) is 0.556. The Hall–Kier alpha value is -3.64. The summed E-state index contributed by atoms with van der Waals surface area (Å²) in [6, 6.07) is 0.421. The number of fused-ring (bicyclic) bond motifs is 3. The van der Waals surface area contributed by atoms with E-state index in [1.165, 1.54) is 19.0 Å². The van der Waals surface area contributed by atoms with Crippen molar-refractivity contribution in [3.63, 3.8) is 0 Å². The van der Waals surface area contributed by atoms with Crippen LogP contribution in [0.15, 0.2) is 6.07 Å². The first kappa shape index (κ1) is 26.9. The van der Waals surface area contributed by atoms with Gasteiger partial charge in [0.2, 0.25) is 11.8 Å². The van der Waals surface area contributed by atoms with Crippen molar-refractivity contribution in [1.29, 1.82) is 0 Å². The maximum absolute atomic E-state index is 14.0. The summed E-state index contributed by atoms with van der Waals surface area (Å²) in [5, 5.41) is 25.5. The molecule has 2 amide bonds. The zero-order valence-corrected chi connectivity index (χ0v) is 22.2. The van der Waals surface area contributed by atoms with Crippen LogP contribution in [0.1, 0.15) is 35.2 Å². The number of carbonyl (C=O) groups is 6. The quantitative estimate of drug-likeness (QED) is 0.274. The number of primary amides is 1. The van der Waals surface area contributed by atoms with Crippen LogP contribution in [0.2, 0.25) is 0 Å². The van der Waals surface area contributed by atoms with Gasteiger partial charge in [0.05, 0.1) is 23.2 Å². The van der Waals surface area contributed by atoms with Gasteiger partial charge in [0.15, 0.2) is 34.7 Å². The number of nitrogens with zero attached hydrogens (tertiary/aromatic N) is 2. The van der Waals surface area contributed by atoms with Crippen molar-refractivity contribution >= 4 is 46.3 Å². The molecular weight excluding hydrogens is 508 g/mol. The summed E-state index contributed by atoms with van der Waals surface area (Å²) in [7, 11) is 6.55. The van der Waals surface area contributed by atoms with Crippen LogP contribution in [-0.4, -0.2) is 89.9 Å². The Morgan fingerprint density at radius 3 is 2.26 bits per heavy atom. The van der Waals surface area contributed by atoms with Gasteiger partial charge in [0, 0.05) is 31.6 Å². The maximum atomic E-state index is 14.0. The molecule has 0 spiro atoms. The summed E-state index contributed by atoms with van der Waals surface area (Å²) in [6.07, 6.45) is 1.57. The van der Waals surface area contributed by atoms with E-state index >= 15 is 0 Å². The molecule has 0 aromatic heterocycles. The molecule has 3 saturated carbocycles. The van der Waals surface area contributed by atoms with Gasteiger partial charge in [-0.3, -0.25) is 33.7 Å². The molecule has 5 rings (SSSR count). The number of likely N-dealkylation sites (N-methyl/N-ethyl adjacent to an activating group) is 1. The number of nitrogens with two attached hydrogens (primary N) is 1. The Labute approximate surface area is 224 Å². The van der Waals surface area contributed by atoms with Crippen molar-refractivity contribution in [2.45, 2.75) is 37.3 Å². The van der Waals surface area contributed by atoms with Gasteiger partial charge in [-0.25, -0.2) is 0 Å². The fourth-order valence-corrected chi connectivity index (χ4v) is 6.73. The maximum Gasteiger partial charge on any atom is 0.235 e. The number of ketones is 4. The molecule has 12 nitrogen and oxygen atoms in total. The van der Waals surface area contributed by atoms with E-state index < -0.39 is 70.1 Å². The minimum Gasteiger partial charge on any atom is -0.505 e. The number of aromatic hydroxyl groups is 1. The van der Waals surface area contributed by atoms with Crippen LogP contribution in [0.3, 0.4) is 0 Å². The Morgan fingerprint density at radius 2 is 1.72 bits per heavy atom. The van der Waals surface area contributed by atoms with Crippen molar-refractivity contribution in [2.75, 3.05) is 38.4 Å². The average Bonchev–Trinajstić information content (AvgIpc) is 3.68. The van der Waals surface area contributed by atoms with E-state index in [0.717, 1.165) is 12.8 Å². The number of anilines is 2. The van der Waals surface area contributed by atoms with Crippen molar-refractivity contribution < 1.29 is 39.0 Å². The van der Waals surface area contributed by atoms with Gasteiger partial charge in [0.1, 0.15) is 5.75 Å². The Balaban J connectivity index is 1.63. The highest BCUT2D eigenvalue weighted by molar-refractivity contribution is 6.32. The molecule has 0 saturated heterocycles. The highest BCUT2D eigenvalue weighted by atomic mass is 16.3. The van der Waals surface area contributed by atoms with E-state index in [0.29, 0.717) is 11.3 Å². The van der Waals surface area contributed by atoms with Gasteiger partial charge in [-0.15, -0.1) is 0 Å². The second kappa shape index (κ2) is 8.95. The second-order valence-corrected chi connectivity index (χ2v) is 11.6. The first-order valence-corrected chi connectivity index (χ1v) is 12.9. The van der Waals surface area contributed by atoms with Crippen LogP contribution in [0, 0.1) is 29.6 Å². The SMILES string of the molecule is CN(C)c1cc(NC(=O)C2CC2)c(O)c2c1CC1CC3[C@H](N(C)C)C(=O)C(C(N)=O)C(=O)[C@@]3(O)C(=O)C1C2=O. The highest BCUT2D eigenvalue weighted by Crippen LogP contribution is 2.52. The Kier molecular flexibility index (Phi) is 6.18. The van der Waals surface area contributed by atoms with Gasteiger partial charge in [-0.1, -0.05) is 0 Å². The molecule has 0 bridgehead atoms. The average molecular weight is 541 g/mol. The first-order valence-electron chi connectivity index (χ1n) is 12.9. The van der Waals surface area contributed by atoms with Crippen molar-refractivity contribution in [3.05, 3.63) is 17.2 Å². The summed E-state index contributed by atoms with van der Waals surface area (Å²) in [5.41, 5.74) is 3.46. The number of hydrogen-bond donors (Lipinski definition) is 4. The topological polar surface area (TPSA) is 187 Å². The summed E-state index contributed by atoms with van der Waals surface area (Å²) in [4.78, 5) is 82.2. The number of Topliss-reactive ketones (excluding diaryl/α,β-unsaturated/α-hetero) is 4. The molecule has 4 unspecified atom stereocenters. The van der Waals surface area contributed by atoms with Crippen LogP contribution in [-0.2, 0) is 30.4 Å². The number of phenolic OH excluding ortho intramolecular Hbond substituents is 1. The van der Waals surface area contributed by atoms with Crippen LogP contribution < -0.4 is 16.0 Å². The normalized spacial score (nSPS) is 31.9. The molecular formula is C27H32N4O8. The largest absolute Gasteiger partial charge is 0.505 e. The van der Waals surface area contributed by atoms with Crippen LogP contribution in [0.4, 0.5) is 11.4 Å². The molecule has 5 N–H and O–H groups in total. The number of carbonyl (C=O) groups excluding carboxylic acids is 6. The summed E-state index contributed by atoms with van der Waals surface area (Å²) in [5.74, 6) is -11.6. The van der Waals surface area contributed by atoms with E-state index in [9.17, 15) is 39.0 Å². The first-order chi connectivity index (χ1) is 18.2. The highest BCUT2D eigenvalue weighted by Gasteiger charge is 2.69. The van der Waals surface area contributed by atoms with Crippen molar-refractivity contribution in [3.8, 4) is 5.75 Å². The lowest BCUT2D eigenvalue weighted by Crippen LogP contribution is -2.74. The molecule has 3 fully saturated rings. The molecule has 6 atom stereocenters. The number of hydrogen-bond acceptors (Lipinski definition) is 10. The van der Waals surface area contributed by atoms with Crippen LogP contribution in [0.25, 0.3) is 0 Å². The number of aliphatic hydroxyl groups is 1. The molecule has 0 heterocycles.